The van der Waals surface area contributed by atoms with Gasteiger partial charge in [-0.05, 0) is 12.3 Å². The smallest absolute Gasteiger partial charge is 0.0943 e. The van der Waals surface area contributed by atoms with Gasteiger partial charge < -0.3 is 5.73 Å². The molecule has 1 aromatic heterocycles. The average Bonchev–Trinajstić information content (AvgIpc) is 2.80. The minimum absolute atomic E-state index is 0.162. The first kappa shape index (κ1) is 12.1. The standard InChI is InChI=1S/C13H22N2S/c1-13(2,3)11-8-16-12(15-11)7-10(14)6-9-4-5-9/h8-10H,4-7,14H2,1-3H3. The van der Waals surface area contributed by atoms with Gasteiger partial charge in [0.15, 0.2) is 0 Å². The summed E-state index contributed by atoms with van der Waals surface area (Å²) in [6.45, 7) is 6.61. The summed E-state index contributed by atoms with van der Waals surface area (Å²) in [5.74, 6) is 0.914. The van der Waals surface area contributed by atoms with Crippen molar-refractivity contribution in [2.24, 2.45) is 11.7 Å². The van der Waals surface area contributed by atoms with Gasteiger partial charge in [-0.15, -0.1) is 11.3 Å². The number of nitrogens with zero attached hydrogens (tertiary/aromatic N) is 1. The Hall–Kier alpha value is -0.410. The van der Waals surface area contributed by atoms with E-state index in [1.54, 1.807) is 11.3 Å². The SMILES string of the molecule is CC(C)(C)c1csc(CC(N)CC2CC2)n1. The topological polar surface area (TPSA) is 38.9 Å². The van der Waals surface area contributed by atoms with Gasteiger partial charge in [0.1, 0.15) is 0 Å². The van der Waals surface area contributed by atoms with Crippen molar-refractivity contribution in [2.45, 2.75) is 57.9 Å². The highest BCUT2D eigenvalue weighted by molar-refractivity contribution is 7.09. The Balaban J connectivity index is 1.91. The molecule has 2 rings (SSSR count). The van der Waals surface area contributed by atoms with E-state index in [0.29, 0.717) is 6.04 Å². The minimum Gasteiger partial charge on any atom is -0.327 e. The third-order valence-electron chi connectivity index (χ3n) is 3.09. The maximum Gasteiger partial charge on any atom is 0.0943 e. The van der Waals surface area contributed by atoms with Crippen molar-refractivity contribution in [1.82, 2.24) is 4.98 Å². The van der Waals surface area contributed by atoms with Crippen molar-refractivity contribution in [3.8, 4) is 0 Å². The normalized spacial score (nSPS) is 18.8. The van der Waals surface area contributed by atoms with Gasteiger partial charge in [-0.3, -0.25) is 0 Å². The van der Waals surface area contributed by atoms with Crippen molar-refractivity contribution in [1.29, 1.82) is 0 Å². The van der Waals surface area contributed by atoms with Crippen LogP contribution in [0.2, 0.25) is 0 Å². The van der Waals surface area contributed by atoms with Crippen LogP contribution in [-0.4, -0.2) is 11.0 Å². The molecule has 1 aliphatic rings. The molecule has 0 spiro atoms. The first-order valence-electron chi connectivity index (χ1n) is 6.15. The van der Waals surface area contributed by atoms with E-state index in [1.807, 2.05) is 0 Å². The van der Waals surface area contributed by atoms with E-state index in [1.165, 1.54) is 30.0 Å². The number of hydrogen-bond donors (Lipinski definition) is 1. The van der Waals surface area contributed by atoms with Crippen molar-refractivity contribution < 1.29 is 0 Å². The van der Waals surface area contributed by atoms with Gasteiger partial charge in [-0.25, -0.2) is 4.98 Å². The molecule has 1 heterocycles. The molecule has 1 atom stereocenters. The summed E-state index contributed by atoms with van der Waals surface area (Å²) in [6, 6.07) is 0.312. The Morgan fingerprint density at radius 1 is 1.50 bits per heavy atom. The highest BCUT2D eigenvalue weighted by Gasteiger charge is 2.24. The molecule has 3 heteroatoms. The van der Waals surface area contributed by atoms with Crippen molar-refractivity contribution >= 4 is 11.3 Å². The number of thiazole rings is 1. The molecule has 1 aliphatic carbocycles. The lowest BCUT2D eigenvalue weighted by molar-refractivity contribution is 0.551. The maximum atomic E-state index is 6.13. The van der Waals surface area contributed by atoms with Crippen LogP contribution < -0.4 is 5.73 Å². The summed E-state index contributed by atoms with van der Waals surface area (Å²) >= 11 is 1.76. The summed E-state index contributed by atoms with van der Waals surface area (Å²) in [7, 11) is 0. The van der Waals surface area contributed by atoms with Crippen LogP contribution in [0, 0.1) is 5.92 Å². The molecule has 0 aromatic carbocycles. The first-order valence-corrected chi connectivity index (χ1v) is 7.03. The summed E-state index contributed by atoms with van der Waals surface area (Å²) in [6.07, 6.45) is 4.92. The second-order valence-electron chi connectivity index (χ2n) is 6.02. The second kappa shape index (κ2) is 4.46. The predicted octanol–water partition coefficient (Wildman–Crippen LogP) is 3.11. The van der Waals surface area contributed by atoms with E-state index in [9.17, 15) is 0 Å². The summed E-state index contributed by atoms with van der Waals surface area (Å²) in [5.41, 5.74) is 7.49. The third-order valence-corrected chi connectivity index (χ3v) is 3.96. The van der Waals surface area contributed by atoms with Gasteiger partial charge in [0.05, 0.1) is 10.7 Å². The fourth-order valence-electron chi connectivity index (χ4n) is 1.84. The average molecular weight is 238 g/mol. The van der Waals surface area contributed by atoms with Crippen LogP contribution in [0.5, 0.6) is 0 Å². The molecule has 0 amide bonds. The van der Waals surface area contributed by atoms with Gasteiger partial charge in [-0.1, -0.05) is 33.6 Å². The Labute approximate surface area is 102 Å². The molecule has 0 saturated heterocycles. The van der Waals surface area contributed by atoms with Gasteiger partial charge in [-0.2, -0.15) is 0 Å². The summed E-state index contributed by atoms with van der Waals surface area (Å²) < 4.78 is 0. The zero-order valence-corrected chi connectivity index (χ0v) is 11.3. The molecule has 90 valence electrons. The molecule has 16 heavy (non-hydrogen) atoms. The highest BCUT2D eigenvalue weighted by atomic mass is 32.1. The van der Waals surface area contributed by atoms with Crippen LogP contribution in [0.1, 0.15) is 50.7 Å². The number of hydrogen-bond acceptors (Lipinski definition) is 3. The molecular weight excluding hydrogens is 216 g/mol. The van der Waals surface area contributed by atoms with Gasteiger partial charge in [0.25, 0.3) is 0 Å². The molecule has 1 saturated carbocycles. The lowest BCUT2D eigenvalue weighted by atomic mass is 9.93. The molecular formula is C13H22N2S. The third kappa shape index (κ3) is 3.29. The number of nitrogens with two attached hydrogens (primary N) is 1. The van der Waals surface area contributed by atoms with Crippen LogP contribution >= 0.6 is 11.3 Å². The van der Waals surface area contributed by atoms with Crippen molar-refractivity contribution in [3.05, 3.63) is 16.1 Å². The summed E-state index contributed by atoms with van der Waals surface area (Å²) in [5, 5.41) is 3.39. The lowest BCUT2D eigenvalue weighted by Crippen LogP contribution is -2.23. The molecule has 2 nitrogen and oxygen atoms in total. The zero-order chi connectivity index (χ0) is 11.8. The molecule has 1 unspecified atom stereocenters. The quantitative estimate of drug-likeness (QED) is 0.875. The molecule has 0 aliphatic heterocycles. The van der Waals surface area contributed by atoms with Gasteiger partial charge in [0, 0.05) is 23.3 Å². The highest BCUT2D eigenvalue weighted by Crippen LogP contribution is 2.34. The molecule has 1 fully saturated rings. The molecule has 1 aromatic rings. The van der Waals surface area contributed by atoms with Crippen LogP contribution in [-0.2, 0) is 11.8 Å². The van der Waals surface area contributed by atoms with Crippen molar-refractivity contribution in [2.75, 3.05) is 0 Å². The molecule has 0 radical (unpaired) electrons. The fourth-order valence-corrected chi connectivity index (χ4v) is 2.95. The molecule has 2 N–H and O–H groups in total. The van der Waals surface area contributed by atoms with Crippen LogP contribution in [0.3, 0.4) is 0 Å². The van der Waals surface area contributed by atoms with Gasteiger partial charge in [0.2, 0.25) is 0 Å². The monoisotopic (exact) mass is 238 g/mol. The fraction of sp³-hybridized carbons (Fsp3) is 0.769. The Kier molecular flexibility index (Phi) is 3.36. The Morgan fingerprint density at radius 2 is 2.19 bits per heavy atom. The van der Waals surface area contributed by atoms with Gasteiger partial charge >= 0.3 is 0 Å². The van der Waals surface area contributed by atoms with Crippen molar-refractivity contribution in [3.63, 3.8) is 0 Å². The number of rotatable bonds is 4. The second-order valence-corrected chi connectivity index (χ2v) is 6.96. The van der Waals surface area contributed by atoms with Crippen LogP contribution in [0.15, 0.2) is 5.38 Å². The Bertz CT molecular complexity index is 347. The Morgan fingerprint density at radius 3 is 2.69 bits per heavy atom. The van der Waals surface area contributed by atoms with E-state index < -0.39 is 0 Å². The van der Waals surface area contributed by atoms with E-state index in [0.717, 1.165) is 12.3 Å². The lowest BCUT2D eigenvalue weighted by Gasteiger charge is -2.14. The largest absolute Gasteiger partial charge is 0.327 e. The van der Waals surface area contributed by atoms with E-state index in [-0.39, 0.29) is 5.41 Å². The van der Waals surface area contributed by atoms with E-state index >= 15 is 0 Å². The summed E-state index contributed by atoms with van der Waals surface area (Å²) in [4.78, 5) is 4.69. The maximum absolute atomic E-state index is 6.13. The van der Waals surface area contributed by atoms with Crippen LogP contribution in [0.4, 0.5) is 0 Å². The van der Waals surface area contributed by atoms with Crippen LogP contribution in [0.25, 0.3) is 0 Å². The zero-order valence-electron chi connectivity index (χ0n) is 10.5. The first-order chi connectivity index (χ1) is 7.45. The molecule has 0 bridgehead atoms. The van der Waals surface area contributed by atoms with E-state index in [2.05, 4.69) is 31.1 Å². The van der Waals surface area contributed by atoms with E-state index in [4.69, 9.17) is 5.73 Å². The number of aromatic nitrogens is 1. The minimum atomic E-state index is 0.162. The predicted molar refractivity (Wildman–Crippen MR) is 69.8 cm³/mol.